The number of furan rings is 1. The van der Waals surface area contributed by atoms with Gasteiger partial charge in [0.05, 0.1) is 18.2 Å². The smallest absolute Gasteiger partial charge is 0.311 e. The number of carbonyl (C=O) groups is 3. The zero-order valence-electron chi connectivity index (χ0n) is 12.1. The molecule has 0 fully saturated rings. The molecule has 21 heavy (non-hydrogen) atoms. The van der Waals surface area contributed by atoms with E-state index in [2.05, 4.69) is 10.6 Å². The largest absolute Gasteiger partial charge is 0.481 e. The van der Waals surface area contributed by atoms with Crippen molar-refractivity contribution in [3.63, 3.8) is 0 Å². The van der Waals surface area contributed by atoms with Gasteiger partial charge >= 0.3 is 5.97 Å². The second kappa shape index (κ2) is 7.47. The van der Waals surface area contributed by atoms with Crippen LogP contribution in [-0.2, 0) is 9.59 Å². The van der Waals surface area contributed by atoms with Gasteiger partial charge in [0.15, 0.2) is 5.76 Å². The van der Waals surface area contributed by atoms with Crippen LogP contribution >= 0.6 is 0 Å². The summed E-state index contributed by atoms with van der Waals surface area (Å²) in [6.07, 6.45) is 2.19. The standard InChI is InChI=1S/C14H20N2O5/c1-3-14(4-2,13(19)20)9-16-11(17)8-15-12(18)10-6-5-7-21-10/h5-7H,3-4,8-9H2,1-2H3,(H,15,18)(H,16,17)(H,19,20). The lowest BCUT2D eigenvalue weighted by Crippen LogP contribution is -2.45. The molecule has 0 radical (unpaired) electrons. The van der Waals surface area contributed by atoms with Crippen molar-refractivity contribution in [2.24, 2.45) is 5.41 Å². The van der Waals surface area contributed by atoms with Crippen molar-refractivity contribution in [1.82, 2.24) is 10.6 Å². The van der Waals surface area contributed by atoms with Crippen LogP contribution in [0.25, 0.3) is 0 Å². The van der Waals surface area contributed by atoms with E-state index >= 15 is 0 Å². The van der Waals surface area contributed by atoms with Gasteiger partial charge in [-0.05, 0) is 25.0 Å². The second-order valence-electron chi connectivity index (χ2n) is 4.73. The van der Waals surface area contributed by atoms with E-state index in [1.54, 1.807) is 19.9 Å². The maximum absolute atomic E-state index is 11.7. The number of rotatable bonds is 8. The summed E-state index contributed by atoms with van der Waals surface area (Å²) >= 11 is 0. The second-order valence-corrected chi connectivity index (χ2v) is 4.73. The highest BCUT2D eigenvalue weighted by atomic mass is 16.4. The molecule has 7 heteroatoms. The third kappa shape index (κ3) is 4.34. The fourth-order valence-corrected chi connectivity index (χ4v) is 1.86. The lowest BCUT2D eigenvalue weighted by atomic mass is 9.82. The van der Waals surface area contributed by atoms with Crippen molar-refractivity contribution in [2.75, 3.05) is 13.1 Å². The Hall–Kier alpha value is -2.31. The Morgan fingerprint density at radius 1 is 1.24 bits per heavy atom. The highest BCUT2D eigenvalue weighted by Gasteiger charge is 2.35. The van der Waals surface area contributed by atoms with Crippen LogP contribution in [-0.4, -0.2) is 36.0 Å². The van der Waals surface area contributed by atoms with Crippen LogP contribution < -0.4 is 10.6 Å². The molecule has 0 aromatic carbocycles. The molecule has 0 saturated carbocycles. The summed E-state index contributed by atoms with van der Waals surface area (Å²) in [5.74, 6) is -1.76. The zero-order chi connectivity index (χ0) is 15.9. The van der Waals surface area contributed by atoms with E-state index in [0.717, 1.165) is 0 Å². The number of hydrogen-bond acceptors (Lipinski definition) is 4. The summed E-state index contributed by atoms with van der Waals surface area (Å²) in [5.41, 5.74) is -0.972. The third-order valence-electron chi connectivity index (χ3n) is 3.59. The van der Waals surface area contributed by atoms with E-state index in [1.165, 1.54) is 12.3 Å². The fraction of sp³-hybridized carbons (Fsp3) is 0.500. The average Bonchev–Trinajstić information content (AvgIpc) is 3.00. The minimum Gasteiger partial charge on any atom is -0.481 e. The molecule has 1 aromatic heterocycles. The summed E-state index contributed by atoms with van der Waals surface area (Å²) in [4.78, 5) is 34.5. The summed E-state index contributed by atoms with van der Waals surface area (Å²) in [7, 11) is 0. The molecule has 116 valence electrons. The van der Waals surface area contributed by atoms with Crippen molar-refractivity contribution < 1.29 is 23.9 Å². The molecular weight excluding hydrogens is 276 g/mol. The molecule has 0 aliphatic heterocycles. The van der Waals surface area contributed by atoms with Gasteiger partial charge in [-0.15, -0.1) is 0 Å². The number of nitrogens with one attached hydrogen (secondary N) is 2. The van der Waals surface area contributed by atoms with E-state index in [-0.39, 0.29) is 18.8 Å². The van der Waals surface area contributed by atoms with Crippen LogP contribution in [0.5, 0.6) is 0 Å². The first-order valence-corrected chi connectivity index (χ1v) is 6.77. The number of aliphatic carboxylic acids is 1. The Labute approximate surface area is 122 Å². The first-order chi connectivity index (χ1) is 9.95. The van der Waals surface area contributed by atoms with Crippen molar-refractivity contribution in [1.29, 1.82) is 0 Å². The molecule has 0 unspecified atom stereocenters. The number of carboxylic acid groups (broad SMARTS) is 1. The molecule has 2 amide bonds. The van der Waals surface area contributed by atoms with Gasteiger partial charge in [0.2, 0.25) is 5.91 Å². The molecule has 1 aromatic rings. The number of carboxylic acids is 1. The van der Waals surface area contributed by atoms with Gasteiger partial charge in [-0.25, -0.2) is 0 Å². The maximum atomic E-state index is 11.7. The SMILES string of the molecule is CCC(CC)(CNC(=O)CNC(=O)c1ccco1)C(=O)O. The molecule has 0 aliphatic rings. The lowest BCUT2D eigenvalue weighted by molar-refractivity contribution is -0.149. The van der Waals surface area contributed by atoms with E-state index in [9.17, 15) is 19.5 Å². The van der Waals surface area contributed by atoms with Gasteiger partial charge in [-0.3, -0.25) is 14.4 Å². The average molecular weight is 296 g/mol. The molecule has 0 saturated heterocycles. The Balaban J connectivity index is 2.43. The quantitative estimate of drug-likeness (QED) is 0.663. The predicted octanol–water partition coefficient (Wildman–Crippen LogP) is 1.02. The Morgan fingerprint density at radius 3 is 2.38 bits per heavy atom. The number of amides is 2. The first-order valence-electron chi connectivity index (χ1n) is 6.77. The van der Waals surface area contributed by atoms with Crippen molar-refractivity contribution in [2.45, 2.75) is 26.7 Å². The molecule has 0 aliphatic carbocycles. The topological polar surface area (TPSA) is 109 Å². The Kier molecular flexibility index (Phi) is 5.95. The minimum absolute atomic E-state index is 0.0325. The first kappa shape index (κ1) is 16.7. The molecule has 7 nitrogen and oxygen atoms in total. The Bertz CT molecular complexity index is 491. The van der Waals surface area contributed by atoms with Crippen molar-refractivity contribution in [3.8, 4) is 0 Å². The molecule has 3 N–H and O–H groups in total. The van der Waals surface area contributed by atoms with Gasteiger partial charge in [0.25, 0.3) is 5.91 Å². The predicted molar refractivity (Wildman–Crippen MR) is 74.7 cm³/mol. The highest BCUT2D eigenvalue weighted by molar-refractivity contribution is 5.94. The van der Waals surface area contributed by atoms with Gasteiger partial charge in [-0.2, -0.15) is 0 Å². The maximum Gasteiger partial charge on any atom is 0.311 e. The van der Waals surface area contributed by atoms with Crippen LogP contribution in [0.4, 0.5) is 0 Å². The fourth-order valence-electron chi connectivity index (χ4n) is 1.86. The van der Waals surface area contributed by atoms with Crippen LogP contribution in [0.3, 0.4) is 0 Å². The van der Waals surface area contributed by atoms with Crippen LogP contribution in [0, 0.1) is 5.41 Å². The summed E-state index contributed by atoms with van der Waals surface area (Å²) in [6.45, 7) is 3.33. The van der Waals surface area contributed by atoms with Crippen LogP contribution in [0.1, 0.15) is 37.2 Å². The van der Waals surface area contributed by atoms with Gasteiger partial charge in [0, 0.05) is 6.54 Å². The lowest BCUT2D eigenvalue weighted by Gasteiger charge is -2.26. The minimum atomic E-state index is -0.972. The van der Waals surface area contributed by atoms with E-state index in [0.29, 0.717) is 12.8 Å². The number of hydrogen-bond donors (Lipinski definition) is 3. The van der Waals surface area contributed by atoms with Gasteiger partial charge in [-0.1, -0.05) is 13.8 Å². The monoisotopic (exact) mass is 296 g/mol. The summed E-state index contributed by atoms with van der Waals surface area (Å²) < 4.78 is 4.89. The number of carbonyl (C=O) groups excluding carboxylic acids is 2. The van der Waals surface area contributed by atoms with Crippen LogP contribution in [0.15, 0.2) is 22.8 Å². The molecule has 1 heterocycles. The van der Waals surface area contributed by atoms with E-state index in [4.69, 9.17) is 4.42 Å². The van der Waals surface area contributed by atoms with Crippen molar-refractivity contribution >= 4 is 17.8 Å². The molecule has 1 rings (SSSR count). The van der Waals surface area contributed by atoms with Gasteiger partial charge in [0.1, 0.15) is 0 Å². The van der Waals surface area contributed by atoms with Crippen molar-refractivity contribution in [3.05, 3.63) is 24.2 Å². The molecule has 0 bridgehead atoms. The summed E-state index contributed by atoms with van der Waals surface area (Å²) in [6, 6.07) is 3.05. The normalized spacial score (nSPS) is 11.0. The van der Waals surface area contributed by atoms with E-state index in [1.807, 2.05) is 0 Å². The molecular formula is C14H20N2O5. The zero-order valence-corrected chi connectivity index (χ0v) is 12.1. The van der Waals surface area contributed by atoms with E-state index < -0.39 is 23.2 Å². The molecule has 0 spiro atoms. The Morgan fingerprint density at radius 2 is 1.90 bits per heavy atom. The van der Waals surface area contributed by atoms with Gasteiger partial charge < -0.3 is 20.2 Å². The summed E-state index contributed by atoms with van der Waals surface area (Å²) in [5, 5.41) is 14.2. The third-order valence-corrected chi connectivity index (χ3v) is 3.59. The molecule has 0 atom stereocenters. The van der Waals surface area contributed by atoms with Crippen LogP contribution in [0.2, 0.25) is 0 Å². The highest BCUT2D eigenvalue weighted by Crippen LogP contribution is 2.25.